The Kier molecular flexibility index (Phi) is 3.91. The quantitative estimate of drug-likeness (QED) is 0.904. The smallest absolute Gasteiger partial charge is 0.282 e. The topological polar surface area (TPSA) is 89.0 Å². The summed E-state index contributed by atoms with van der Waals surface area (Å²) in [4.78, 5) is 11.8. The van der Waals surface area contributed by atoms with E-state index >= 15 is 0 Å². The van der Waals surface area contributed by atoms with Crippen molar-refractivity contribution < 1.29 is 13.2 Å². The molecule has 0 aliphatic rings. The fraction of sp³-hybridized carbons (Fsp3) is 0.182. The van der Waals surface area contributed by atoms with Crippen LogP contribution < -0.4 is 5.32 Å². The fourth-order valence-electron chi connectivity index (χ4n) is 1.31. The molecule has 8 heteroatoms. The maximum Gasteiger partial charge on any atom is 0.282 e. The van der Waals surface area contributed by atoms with Gasteiger partial charge in [0, 0.05) is 12.8 Å². The highest BCUT2D eigenvalue weighted by atomic mass is 32.2. The minimum absolute atomic E-state index is 0.0383. The zero-order chi connectivity index (χ0) is 13.9. The van der Waals surface area contributed by atoms with E-state index in [-0.39, 0.29) is 9.35 Å². The number of sulfone groups is 1. The van der Waals surface area contributed by atoms with E-state index in [0.717, 1.165) is 23.2 Å². The SMILES string of the molecule is CS(=O)(=O)c1nnc(C(=O)NCc2ccccc2)s1. The van der Waals surface area contributed by atoms with Gasteiger partial charge in [0.15, 0.2) is 0 Å². The lowest BCUT2D eigenvalue weighted by Gasteiger charge is -2.01. The van der Waals surface area contributed by atoms with Crippen molar-refractivity contribution in [3.05, 3.63) is 40.9 Å². The third-order valence-corrected chi connectivity index (χ3v) is 4.80. The Labute approximate surface area is 114 Å². The average Bonchev–Trinajstić information content (AvgIpc) is 2.87. The van der Waals surface area contributed by atoms with E-state index in [1.54, 1.807) is 0 Å². The van der Waals surface area contributed by atoms with Gasteiger partial charge in [-0.15, -0.1) is 10.2 Å². The van der Waals surface area contributed by atoms with E-state index < -0.39 is 15.7 Å². The van der Waals surface area contributed by atoms with E-state index in [2.05, 4.69) is 15.5 Å². The van der Waals surface area contributed by atoms with Crippen molar-refractivity contribution in [2.24, 2.45) is 0 Å². The summed E-state index contributed by atoms with van der Waals surface area (Å²) < 4.78 is 22.3. The Bertz CT molecular complexity index is 680. The molecular formula is C11H11N3O3S2. The van der Waals surface area contributed by atoms with Crippen LogP contribution in [0.5, 0.6) is 0 Å². The fourth-order valence-corrected chi connectivity index (χ4v) is 2.83. The van der Waals surface area contributed by atoms with Gasteiger partial charge in [-0.1, -0.05) is 41.7 Å². The van der Waals surface area contributed by atoms with Gasteiger partial charge >= 0.3 is 0 Å². The Morgan fingerprint density at radius 3 is 2.53 bits per heavy atom. The highest BCUT2D eigenvalue weighted by Gasteiger charge is 2.18. The Morgan fingerprint density at radius 1 is 1.26 bits per heavy atom. The van der Waals surface area contributed by atoms with E-state index in [1.165, 1.54) is 0 Å². The molecule has 0 spiro atoms. The summed E-state index contributed by atoms with van der Waals surface area (Å²) in [5.74, 6) is -0.434. The second kappa shape index (κ2) is 5.45. The zero-order valence-corrected chi connectivity index (χ0v) is 11.7. The molecule has 0 bridgehead atoms. The highest BCUT2D eigenvalue weighted by Crippen LogP contribution is 2.15. The van der Waals surface area contributed by atoms with Crippen LogP contribution in [0.15, 0.2) is 34.7 Å². The van der Waals surface area contributed by atoms with Crippen LogP contribution in [0, 0.1) is 0 Å². The van der Waals surface area contributed by atoms with Gasteiger partial charge in [-0.2, -0.15) is 0 Å². The third-order valence-electron chi connectivity index (χ3n) is 2.21. The Hall–Kier alpha value is -1.80. The molecular weight excluding hydrogens is 286 g/mol. The van der Waals surface area contributed by atoms with Gasteiger partial charge < -0.3 is 5.32 Å². The van der Waals surface area contributed by atoms with Crippen molar-refractivity contribution in [3.63, 3.8) is 0 Å². The van der Waals surface area contributed by atoms with Crippen LogP contribution in [0.2, 0.25) is 0 Å². The van der Waals surface area contributed by atoms with Gasteiger partial charge in [-0.05, 0) is 5.56 Å². The number of hydrogen-bond acceptors (Lipinski definition) is 6. The predicted molar refractivity (Wildman–Crippen MR) is 70.6 cm³/mol. The lowest BCUT2D eigenvalue weighted by molar-refractivity contribution is 0.0950. The molecule has 1 aromatic carbocycles. The van der Waals surface area contributed by atoms with Gasteiger partial charge in [0.25, 0.3) is 5.91 Å². The first-order valence-corrected chi connectivity index (χ1v) is 8.03. The van der Waals surface area contributed by atoms with Crippen molar-refractivity contribution in [3.8, 4) is 0 Å². The second-order valence-corrected chi connectivity index (χ2v) is 6.98. The molecule has 2 rings (SSSR count). The zero-order valence-electron chi connectivity index (χ0n) is 10.0. The third kappa shape index (κ3) is 3.58. The molecule has 0 unspecified atom stereocenters. The summed E-state index contributed by atoms with van der Waals surface area (Å²) >= 11 is 0.761. The minimum atomic E-state index is -3.42. The molecule has 0 fully saturated rings. The molecule has 6 nitrogen and oxygen atoms in total. The minimum Gasteiger partial charge on any atom is -0.346 e. The molecule has 0 saturated heterocycles. The summed E-state index contributed by atoms with van der Waals surface area (Å²) in [5, 5.41) is 9.75. The molecule has 0 radical (unpaired) electrons. The predicted octanol–water partition coefficient (Wildman–Crippen LogP) is 0.872. The first-order valence-electron chi connectivity index (χ1n) is 5.32. The largest absolute Gasteiger partial charge is 0.346 e. The van der Waals surface area contributed by atoms with E-state index in [9.17, 15) is 13.2 Å². The van der Waals surface area contributed by atoms with Crippen LogP contribution in [0.4, 0.5) is 0 Å². The Morgan fingerprint density at radius 2 is 1.95 bits per heavy atom. The normalized spacial score (nSPS) is 11.2. The van der Waals surface area contributed by atoms with Crippen LogP contribution in [0.1, 0.15) is 15.4 Å². The molecule has 2 aromatic rings. The molecule has 0 aliphatic heterocycles. The standard InChI is InChI=1S/C11H11N3O3S2/c1-19(16,17)11-14-13-10(18-11)9(15)12-7-8-5-3-2-4-6-8/h2-6H,7H2,1H3,(H,12,15). The van der Waals surface area contributed by atoms with Crippen LogP contribution in [-0.4, -0.2) is 30.8 Å². The molecule has 0 saturated carbocycles. The monoisotopic (exact) mass is 297 g/mol. The number of amides is 1. The molecule has 1 aromatic heterocycles. The molecule has 1 amide bonds. The number of carbonyl (C=O) groups is 1. The molecule has 19 heavy (non-hydrogen) atoms. The molecule has 0 aliphatic carbocycles. The van der Waals surface area contributed by atoms with Gasteiger partial charge in [-0.3, -0.25) is 4.79 Å². The first-order chi connectivity index (χ1) is 8.97. The lowest BCUT2D eigenvalue weighted by Crippen LogP contribution is -2.22. The maximum atomic E-state index is 11.8. The maximum absolute atomic E-state index is 11.8. The van der Waals surface area contributed by atoms with Crippen LogP contribution in [0.25, 0.3) is 0 Å². The van der Waals surface area contributed by atoms with E-state index in [4.69, 9.17) is 0 Å². The average molecular weight is 297 g/mol. The second-order valence-electron chi connectivity index (χ2n) is 3.81. The van der Waals surface area contributed by atoms with Crippen LogP contribution >= 0.6 is 11.3 Å². The Balaban J connectivity index is 2.03. The number of aromatic nitrogens is 2. The lowest BCUT2D eigenvalue weighted by atomic mass is 10.2. The van der Waals surface area contributed by atoms with Crippen LogP contribution in [0.3, 0.4) is 0 Å². The summed E-state index contributed by atoms with van der Waals surface area (Å²) in [6, 6.07) is 9.38. The van der Waals surface area contributed by atoms with Crippen molar-refractivity contribution in [2.75, 3.05) is 6.26 Å². The van der Waals surface area contributed by atoms with Gasteiger partial charge in [0.05, 0.1) is 0 Å². The number of carbonyl (C=O) groups excluding carboxylic acids is 1. The number of nitrogens with zero attached hydrogens (tertiary/aromatic N) is 2. The van der Waals surface area contributed by atoms with E-state index in [0.29, 0.717) is 6.54 Å². The molecule has 0 atom stereocenters. The number of hydrogen-bond donors (Lipinski definition) is 1. The van der Waals surface area contributed by atoms with Gasteiger partial charge in [0.1, 0.15) is 0 Å². The number of benzene rings is 1. The van der Waals surface area contributed by atoms with Crippen molar-refractivity contribution in [2.45, 2.75) is 10.9 Å². The van der Waals surface area contributed by atoms with Gasteiger partial charge in [0.2, 0.25) is 19.2 Å². The first kappa shape index (κ1) is 13.6. The van der Waals surface area contributed by atoms with Gasteiger partial charge in [-0.25, -0.2) is 8.42 Å². The number of rotatable bonds is 4. The molecule has 1 N–H and O–H groups in total. The molecule has 1 heterocycles. The van der Waals surface area contributed by atoms with Crippen molar-refractivity contribution in [1.29, 1.82) is 0 Å². The number of nitrogens with one attached hydrogen (secondary N) is 1. The highest BCUT2D eigenvalue weighted by molar-refractivity contribution is 7.92. The summed E-state index contributed by atoms with van der Waals surface area (Å²) in [6.07, 6.45) is 1.03. The van der Waals surface area contributed by atoms with Crippen molar-refractivity contribution >= 4 is 27.1 Å². The summed E-state index contributed by atoms with van der Waals surface area (Å²) in [7, 11) is -3.42. The van der Waals surface area contributed by atoms with Crippen molar-refractivity contribution in [1.82, 2.24) is 15.5 Å². The molecule has 100 valence electrons. The van der Waals surface area contributed by atoms with Crippen LogP contribution in [-0.2, 0) is 16.4 Å². The summed E-state index contributed by atoms with van der Waals surface area (Å²) in [5.41, 5.74) is 0.948. The van der Waals surface area contributed by atoms with E-state index in [1.807, 2.05) is 30.3 Å². The summed E-state index contributed by atoms with van der Waals surface area (Å²) in [6.45, 7) is 0.355.